The fraction of sp³-hybridized carbons (Fsp3) is 0.462. The summed E-state index contributed by atoms with van der Waals surface area (Å²) in [6.45, 7) is 2.53. The van der Waals surface area contributed by atoms with Gasteiger partial charge in [-0.3, -0.25) is 4.79 Å². The lowest BCUT2D eigenvalue weighted by Crippen LogP contribution is -2.35. The maximum atomic E-state index is 11.8. The number of hydrogen-bond acceptors (Lipinski definition) is 4. The third-order valence-electron chi connectivity index (χ3n) is 2.75. The fourth-order valence-corrected chi connectivity index (χ4v) is 2.74. The van der Waals surface area contributed by atoms with Gasteiger partial charge in [-0.25, -0.2) is 13.1 Å². The van der Waals surface area contributed by atoms with Crippen LogP contribution in [0.3, 0.4) is 0 Å². The van der Waals surface area contributed by atoms with E-state index in [4.69, 9.17) is 5.73 Å². The maximum Gasteiger partial charge on any atom is 0.224 e. The molecule has 0 unspecified atom stereocenters. The summed E-state index contributed by atoms with van der Waals surface area (Å²) in [7, 11) is -3.30. The van der Waals surface area contributed by atoms with Crippen LogP contribution in [0.4, 0.5) is 0 Å². The van der Waals surface area contributed by atoms with E-state index in [9.17, 15) is 13.2 Å². The first-order valence-corrected chi connectivity index (χ1v) is 8.14. The van der Waals surface area contributed by atoms with E-state index >= 15 is 0 Å². The van der Waals surface area contributed by atoms with Gasteiger partial charge in [-0.2, -0.15) is 0 Å². The highest BCUT2D eigenvalue weighted by Crippen LogP contribution is 2.08. The van der Waals surface area contributed by atoms with Crippen LogP contribution >= 0.6 is 0 Å². The van der Waals surface area contributed by atoms with Crippen LogP contribution in [0.25, 0.3) is 0 Å². The topological polar surface area (TPSA) is 101 Å². The Bertz CT molecular complexity index is 544. The highest BCUT2D eigenvalue weighted by Gasteiger charge is 2.10. The normalized spacial score (nSPS) is 11.3. The third kappa shape index (κ3) is 5.68. The van der Waals surface area contributed by atoms with Crippen molar-refractivity contribution < 1.29 is 13.2 Å². The van der Waals surface area contributed by atoms with Gasteiger partial charge in [0.2, 0.25) is 15.9 Å². The van der Waals surface area contributed by atoms with Crippen LogP contribution in [0, 0.1) is 0 Å². The van der Waals surface area contributed by atoms with Gasteiger partial charge in [0, 0.05) is 19.6 Å². The first-order chi connectivity index (χ1) is 9.48. The summed E-state index contributed by atoms with van der Waals surface area (Å²) in [5.41, 5.74) is 7.38. The molecule has 20 heavy (non-hydrogen) atoms. The van der Waals surface area contributed by atoms with E-state index in [0.29, 0.717) is 13.1 Å². The number of benzene rings is 1. The van der Waals surface area contributed by atoms with Gasteiger partial charge in [-0.05, 0) is 11.1 Å². The molecule has 0 saturated carbocycles. The second kappa shape index (κ2) is 7.98. The molecule has 7 heteroatoms. The van der Waals surface area contributed by atoms with Crippen molar-refractivity contribution in [1.29, 1.82) is 0 Å². The van der Waals surface area contributed by atoms with Crippen LogP contribution in [0.15, 0.2) is 24.3 Å². The Morgan fingerprint density at radius 2 is 1.90 bits per heavy atom. The molecule has 4 N–H and O–H groups in total. The lowest BCUT2D eigenvalue weighted by Gasteiger charge is -2.09. The van der Waals surface area contributed by atoms with Gasteiger partial charge in [0.1, 0.15) is 0 Å². The van der Waals surface area contributed by atoms with E-state index in [-0.39, 0.29) is 24.6 Å². The Kier molecular flexibility index (Phi) is 6.63. The van der Waals surface area contributed by atoms with Crippen molar-refractivity contribution >= 4 is 15.9 Å². The van der Waals surface area contributed by atoms with E-state index in [1.807, 2.05) is 24.3 Å². The lowest BCUT2D eigenvalue weighted by molar-refractivity contribution is -0.120. The maximum absolute atomic E-state index is 11.8. The Morgan fingerprint density at radius 3 is 2.50 bits per heavy atom. The molecule has 0 atom stereocenters. The van der Waals surface area contributed by atoms with Gasteiger partial charge < -0.3 is 11.1 Å². The lowest BCUT2D eigenvalue weighted by atomic mass is 10.0. The molecule has 0 fully saturated rings. The van der Waals surface area contributed by atoms with Crippen LogP contribution in [0.5, 0.6) is 0 Å². The second-order valence-electron chi connectivity index (χ2n) is 4.32. The summed E-state index contributed by atoms with van der Waals surface area (Å²) >= 11 is 0. The molecule has 0 radical (unpaired) electrons. The minimum atomic E-state index is -3.30. The summed E-state index contributed by atoms with van der Waals surface area (Å²) in [5.74, 6) is -0.330. The van der Waals surface area contributed by atoms with Crippen molar-refractivity contribution in [2.75, 3.05) is 18.8 Å². The monoisotopic (exact) mass is 299 g/mol. The largest absolute Gasteiger partial charge is 0.355 e. The minimum Gasteiger partial charge on any atom is -0.355 e. The van der Waals surface area contributed by atoms with Crippen molar-refractivity contribution in [2.45, 2.75) is 19.9 Å². The number of sulfonamides is 1. The molecule has 0 aliphatic heterocycles. The number of nitrogens with one attached hydrogen (secondary N) is 2. The molecule has 0 spiro atoms. The number of carbonyl (C=O) groups is 1. The summed E-state index contributed by atoms with van der Waals surface area (Å²) in [6.07, 6.45) is 0.203. The van der Waals surface area contributed by atoms with Crippen LogP contribution in [0.1, 0.15) is 18.1 Å². The Hall–Kier alpha value is -1.44. The van der Waals surface area contributed by atoms with Crippen LogP contribution in [-0.4, -0.2) is 33.2 Å². The summed E-state index contributed by atoms with van der Waals surface area (Å²) in [4.78, 5) is 11.8. The van der Waals surface area contributed by atoms with Crippen molar-refractivity contribution in [3.05, 3.63) is 35.4 Å². The first-order valence-electron chi connectivity index (χ1n) is 6.49. The van der Waals surface area contributed by atoms with Crippen LogP contribution in [0.2, 0.25) is 0 Å². The van der Waals surface area contributed by atoms with Crippen molar-refractivity contribution in [2.24, 2.45) is 5.73 Å². The predicted octanol–water partition coefficient (Wildman–Crippen LogP) is -0.257. The zero-order chi connectivity index (χ0) is 15.0. The average molecular weight is 299 g/mol. The summed E-state index contributed by atoms with van der Waals surface area (Å²) in [6, 6.07) is 7.43. The SMILES string of the molecule is CCNS(=O)(=O)CCNC(=O)Cc1ccccc1CN. The quantitative estimate of drug-likeness (QED) is 0.615. The molecule has 0 aliphatic carbocycles. The van der Waals surface area contributed by atoms with Gasteiger partial charge in [0.15, 0.2) is 0 Å². The van der Waals surface area contributed by atoms with Crippen LogP contribution < -0.4 is 15.8 Å². The molecular formula is C13H21N3O3S. The van der Waals surface area contributed by atoms with Gasteiger partial charge in [-0.15, -0.1) is 0 Å². The van der Waals surface area contributed by atoms with Crippen LogP contribution in [-0.2, 0) is 27.8 Å². The molecule has 0 aromatic heterocycles. The van der Waals surface area contributed by atoms with E-state index < -0.39 is 10.0 Å². The third-order valence-corrected chi connectivity index (χ3v) is 4.22. The minimum absolute atomic E-state index is 0.0962. The first kappa shape index (κ1) is 16.6. The Balaban J connectivity index is 2.45. The zero-order valence-corrected chi connectivity index (χ0v) is 12.4. The molecule has 0 bridgehead atoms. The van der Waals surface area contributed by atoms with Crippen molar-refractivity contribution in [3.63, 3.8) is 0 Å². The molecule has 0 aliphatic rings. The summed E-state index contributed by atoms with van der Waals surface area (Å²) in [5, 5.41) is 2.60. The number of carbonyl (C=O) groups excluding carboxylic acids is 1. The van der Waals surface area contributed by atoms with Gasteiger partial charge in [-0.1, -0.05) is 31.2 Å². The molecule has 1 amide bonds. The number of amides is 1. The van der Waals surface area contributed by atoms with E-state index in [2.05, 4.69) is 10.0 Å². The van der Waals surface area contributed by atoms with Crippen molar-refractivity contribution in [1.82, 2.24) is 10.0 Å². The smallest absolute Gasteiger partial charge is 0.224 e. The highest BCUT2D eigenvalue weighted by atomic mass is 32.2. The second-order valence-corrected chi connectivity index (χ2v) is 6.24. The van der Waals surface area contributed by atoms with Gasteiger partial charge in [0.05, 0.1) is 12.2 Å². The summed E-state index contributed by atoms with van der Waals surface area (Å²) < 4.78 is 25.2. The van der Waals surface area contributed by atoms with Gasteiger partial charge in [0.25, 0.3) is 0 Å². The number of hydrogen-bond donors (Lipinski definition) is 3. The Labute approximate surface area is 119 Å². The molecule has 6 nitrogen and oxygen atoms in total. The molecule has 1 aromatic carbocycles. The zero-order valence-electron chi connectivity index (χ0n) is 11.6. The van der Waals surface area contributed by atoms with E-state index in [1.54, 1.807) is 6.92 Å². The van der Waals surface area contributed by atoms with E-state index in [1.165, 1.54) is 0 Å². The van der Waals surface area contributed by atoms with Gasteiger partial charge >= 0.3 is 0 Å². The average Bonchev–Trinajstić information content (AvgIpc) is 2.39. The molecular weight excluding hydrogens is 278 g/mol. The fourth-order valence-electron chi connectivity index (χ4n) is 1.78. The number of rotatable bonds is 8. The molecule has 1 aromatic rings. The predicted molar refractivity (Wildman–Crippen MR) is 78.5 cm³/mol. The van der Waals surface area contributed by atoms with Crippen molar-refractivity contribution in [3.8, 4) is 0 Å². The number of nitrogens with two attached hydrogens (primary N) is 1. The molecule has 1 rings (SSSR count). The Morgan fingerprint density at radius 1 is 1.25 bits per heavy atom. The molecule has 112 valence electrons. The highest BCUT2D eigenvalue weighted by molar-refractivity contribution is 7.89. The standard InChI is InChI=1S/C13H21N3O3S/c1-2-16-20(18,19)8-7-15-13(17)9-11-5-3-4-6-12(11)10-14/h3-6,16H,2,7-10,14H2,1H3,(H,15,17). The molecule has 0 saturated heterocycles. The van der Waals surface area contributed by atoms with E-state index in [0.717, 1.165) is 11.1 Å². The molecule has 0 heterocycles.